The molecule has 126 valence electrons. The summed E-state index contributed by atoms with van der Waals surface area (Å²) in [7, 11) is 1.68. The molecule has 0 spiro atoms. The van der Waals surface area contributed by atoms with Crippen LogP contribution >= 0.6 is 34.4 Å². The van der Waals surface area contributed by atoms with Gasteiger partial charge in [-0.05, 0) is 12.1 Å². The number of thioether (sulfide) groups is 1. The van der Waals surface area contributed by atoms with Gasteiger partial charge in [-0.15, -0.1) is 21.5 Å². The Balaban J connectivity index is 1.48. The van der Waals surface area contributed by atoms with Crippen LogP contribution in [-0.2, 0) is 10.5 Å². The molecular formula is C15H17N5OS3. The van der Waals surface area contributed by atoms with Crippen molar-refractivity contribution in [2.75, 3.05) is 30.9 Å². The zero-order chi connectivity index (χ0) is 16.6. The normalized spacial score (nSPS) is 10.7. The molecule has 0 saturated heterocycles. The maximum Gasteiger partial charge on any atom is 0.206 e. The van der Waals surface area contributed by atoms with E-state index in [-0.39, 0.29) is 0 Å². The largest absolute Gasteiger partial charge is 0.383 e. The third-order valence-corrected chi connectivity index (χ3v) is 5.76. The number of anilines is 3. The molecule has 2 N–H and O–H groups in total. The summed E-state index contributed by atoms with van der Waals surface area (Å²) in [6, 6.07) is 10.0. The average molecular weight is 380 g/mol. The van der Waals surface area contributed by atoms with Crippen LogP contribution < -0.4 is 10.6 Å². The fourth-order valence-electron chi connectivity index (χ4n) is 1.81. The zero-order valence-corrected chi connectivity index (χ0v) is 15.5. The summed E-state index contributed by atoms with van der Waals surface area (Å²) >= 11 is 4.79. The minimum Gasteiger partial charge on any atom is -0.383 e. The Morgan fingerprint density at radius 2 is 2.04 bits per heavy atom. The first-order valence-electron chi connectivity index (χ1n) is 7.29. The van der Waals surface area contributed by atoms with E-state index in [0.29, 0.717) is 6.61 Å². The number of aromatic nitrogens is 3. The van der Waals surface area contributed by atoms with Crippen LogP contribution in [0.4, 0.5) is 16.0 Å². The lowest BCUT2D eigenvalue weighted by atomic mass is 10.3. The molecule has 0 amide bonds. The van der Waals surface area contributed by atoms with E-state index in [1.807, 2.05) is 30.3 Å². The van der Waals surface area contributed by atoms with Gasteiger partial charge in [-0.2, -0.15) is 0 Å². The molecule has 2 aromatic heterocycles. The van der Waals surface area contributed by atoms with E-state index in [4.69, 9.17) is 4.74 Å². The van der Waals surface area contributed by atoms with E-state index in [1.54, 1.807) is 41.5 Å². The van der Waals surface area contributed by atoms with E-state index in [9.17, 15) is 0 Å². The van der Waals surface area contributed by atoms with Crippen molar-refractivity contribution in [2.45, 2.75) is 10.1 Å². The van der Waals surface area contributed by atoms with Crippen LogP contribution in [-0.4, -0.2) is 35.4 Å². The minimum atomic E-state index is 0.651. The Morgan fingerprint density at radius 1 is 1.17 bits per heavy atom. The second-order valence-corrected chi connectivity index (χ2v) is 7.77. The molecule has 0 aliphatic heterocycles. The predicted molar refractivity (Wildman–Crippen MR) is 102 cm³/mol. The topological polar surface area (TPSA) is 72.0 Å². The summed E-state index contributed by atoms with van der Waals surface area (Å²) in [5.74, 6) is 0.777. The first kappa shape index (κ1) is 17.2. The lowest BCUT2D eigenvalue weighted by Gasteiger charge is -2.00. The second-order valence-electron chi connectivity index (χ2n) is 4.72. The molecule has 0 atom stereocenters. The third kappa shape index (κ3) is 5.17. The fraction of sp³-hybridized carbons (Fsp3) is 0.267. The Bertz CT molecular complexity index is 746. The van der Waals surface area contributed by atoms with Gasteiger partial charge in [-0.25, -0.2) is 4.98 Å². The van der Waals surface area contributed by atoms with Gasteiger partial charge in [-0.3, -0.25) is 0 Å². The van der Waals surface area contributed by atoms with Crippen molar-refractivity contribution < 1.29 is 4.74 Å². The van der Waals surface area contributed by atoms with E-state index in [2.05, 4.69) is 31.2 Å². The molecule has 0 fully saturated rings. The number of hydrogen-bond acceptors (Lipinski definition) is 9. The quantitative estimate of drug-likeness (QED) is 0.428. The van der Waals surface area contributed by atoms with Crippen molar-refractivity contribution in [3.8, 4) is 0 Å². The highest BCUT2D eigenvalue weighted by molar-refractivity contribution is 8.00. The number of methoxy groups -OCH3 is 1. The number of nitrogens with zero attached hydrogens (tertiary/aromatic N) is 3. The van der Waals surface area contributed by atoms with Crippen LogP contribution in [0.1, 0.15) is 5.69 Å². The molecule has 6 nitrogen and oxygen atoms in total. The monoisotopic (exact) mass is 379 g/mol. The molecule has 3 aromatic rings. The van der Waals surface area contributed by atoms with Gasteiger partial charge in [0.05, 0.1) is 12.3 Å². The highest BCUT2D eigenvalue weighted by atomic mass is 32.2. The summed E-state index contributed by atoms with van der Waals surface area (Å²) < 4.78 is 5.93. The molecule has 1 aromatic carbocycles. The molecule has 0 aliphatic carbocycles. The second kappa shape index (κ2) is 8.97. The first-order chi connectivity index (χ1) is 11.8. The van der Waals surface area contributed by atoms with Crippen molar-refractivity contribution in [1.82, 2.24) is 15.2 Å². The maximum atomic E-state index is 5.00. The fourth-order valence-corrected chi connectivity index (χ4v) is 4.32. The summed E-state index contributed by atoms with van der Waals surface area (Å²) in [6.07, 6.45) is 0. The number of ether oxygens (including phenoxy) is 1. The van der Waals surface area contributed by atoms with Crippen LogP contribution in [0.2, 0.25) is 0 Å². The highest BCUT2D eigenvalue weighted by Crippen LogP contribution is 2.29. The van der Waals surface area contributed by atoms with E-state index in [0.717, 1.165) is 38.3 Å². The molecule has 24 heavy (non-hydrogen) atoms. The van der Waals surface area contributed by atoms with Gasteiger partial charge in [0.1, 0.15) is 0 Å². The Morgan fingerprint density at radius 3 is 2.88 bits per heavy atom. The summed E-state index contributed by atoms with van der Waals surface area (Å²) in [6.45, 7) is 1.38. The minimum absolute atomic E-state index is 0.651. The van der Waals surface area contributed by atoms with E-state index in [1.165, 1.54) is 0 Å². The molecule has 0 unspecified atom stereocenters. The van der Waals surface area contributed by atoms with Crippen LogP contribution in [0, 0.1) is 0 Å². The van der Waals surface area contributed by atoms with E-state index >= 15 is 0 Å². The van der Waals surface area contributed by atoms with E-state index < -0.39 is 0 Å². The smallest absolute Gasteiger partial charge is 0.206 e. The van der Waals surface area contributed by atoms with Crippen molar-refractivity contribution in [1.29, 1.82) is 0 Å². The summed E-state index contributed by atoms with van der Waals surface area (Å²) in [4.78, 5) is 4.60. The standard InChI is InChI=1S/C15H17N5OS3/c1-21-8-7-16-13-19-20-15(24-13)23-10-12-9-22-14(18-12)17-11-5-3-2-4-6-11/h2-6,9H,7-8,10H2,1H3,(H,16,19)(H,17,18). The molecule has 0 bridgehead atoms. The number of thiazole rings is 1. The molecule has 9 heteroatoms. The average Bonchev–Trinajstić information content (AvgIpc) is 3.24. The van der Waals surface area contributed by atoms with Crippen LogP contribution in [0.15, 0.2) is 40.1 Å². The zero-order valence-electron chi connectivity index (χ0n) is 13.1. The van der Waals surface area contributed by atoms with Gasteiger partial charge in [0, 0.05) is 30.5 Å². The Kier molecular flexibility index (Phi) is 6.41. The van der Waals surface area contributed by atoms with Crippen LogP contribution in [0.25, 0.3) is 0 Å². The predicted octanol–water partition coefficient (Wildman–Crippen LogP) is 4.09. The van der Waals surface area contributed by atoms with Crippen molar-refractivity contribution in [3.05, 3.63) is 41.4 Å². The molecule has 3 rings (SSSR count). The highest BCUT2D eigenvalue weighted by Gasteiger charge is 2.07. The number of para-hydroxylation sites is 1. The van der Waals surface area contributed by atoms with Gasteiger partial charge in [0.15, 0.2) is 9.47 Å². The van der Waals surface area contributed by atoms with Gasteiger partial charge >= 0.3 is 0 Å². The first-order valence-corrected chi connectivity index (χ1v) is 9.97. The lowest BCUT2D eigenvalue weighted by Crippen LogP contribution is -2.06. The number of rotatable bonds is 9. The van der Waals surface area contributed by atoms with Crippen molar-refractivity contribution >= 4 is 50.4 Å². The van der Waals surface area contributed by atoms with Crippen LogP contribution in [0.5, 0.6) is 0 Å². The van der Waals surface area contributed by atoms with Gasteiger partial charge in [0.2, 0.25) is 5.13 Å². The van der Waals surface area contributed by atoms with Gasteiger partial charge in [0.25, 0.3) is 0 Å². The summed E-state index contributed by atoms with van der Waals surface area (Å²) in [5.41, 5.74) is 2.08. The molecule has 0 aliphatic rings. The Hall–Kier alpha value is -1.68. The molecule has 0 saturated carbocycles. The third-order valence-electron chi connectivity index (χ3n) is 2.91. The lowest BCUT2D eigenvalue weighted by molar-refractivity contribution is 0.211. The molecule has 2 heterocycles. The number of nitrogens with one attached hydrogen (secondary N) is 2. The Labute approximate surface area is 152 Å². The summed E-state index contributed by atoms with van der Waals surface area (Å²) in [5, 5.41) is 18.6. The van der Waals surface area contributed by atoms with Gasteiger partial charge in [-0.1, -0.05) is 41.3 Å². The molecule has 0 radical (unpaired) electrons. The number of hydrogen-bond donors (Lipinski definition) is 2. The van der Waals surface area contributed by atoms with Crippen molar-refractivity contribution in [3.63, 3.8) is 0 Å². The van der Waals surface area contributed by atoms with Crippen LogP contribution in [0.3, 0.4) is 0 Å². The van der Waals surface area contributed by atoms with Crippen molar-refractivity contribution in [2.24, 2.45) is 0 Å². The maximum absolute atomic E-state index is 5.00. The number of benzene rings is 1. The van der Waals surface area contributed by atoms with Gasteiger partial charge < -0.3 is 15.4 Å². The molecular weight excluding hydrogens is 362 g/mol. The SMILES string of the molecule is COCCNc1nnc(SCc2csc(Nc3ccccc3)n2)s1.